The summed E-state index contributed by atoms with van der Waals surface area (Å²) in [7, 11) is 1.90. The number of benzene rings is 1. The van der Waals surface area contributed by atoms with Crippen LogP contribution in [-0.4, -0.2) is 19.3 Å². The molecule has 0 atom stereocenters. The number of hydrogen-bond acceptors (Lipinski definition) is 3. The Morgan fingerprint density at radius 1 is 1.25 bits per heavy atom. The maximum atomic E-state index is 6.06. The molecule has 5 nitrogen and oxygen atoms in total. The summed E-state index contributed by atoms with van der Waals surface area (Å²) in [5, 5.41) is 5.32. The molecule has 0 fully saturated rings. The van der Waals surface area contributed by atoms with Crippen molar-refractivity contribution in [3.8, 4) is 0 Å². The Bertz CT molecular complexity index is 775. The van der Waals surface area contributed by atoms with Gasteiger partial charge in [-0.15, -0.1) is 0 Å². The first-order chi connectivity index (χ1) is 9.54. The van der Waals surface area contributed by atoms with E-state index in [-0.39, 0.29) is 0 Å². The third kappa shape index (κ3) is 2.34. The van der Waals surface area contributed by atoms with Crippen LogP contribution in [-0.2, 0) is 20.0 Å². The Morgan fingerprint density at radius 2 is 2.00 bits per heavy atom. The van der Waals surface area contributed by atoms with E-state index in [1.54, 1.807) is 16.8 Å². The second-order valence-electron chi connectivity index (χ2n) is 4.61. The van der Waals surface area contributed by atoms with Crippen LogP contribution >= 0.6 is 23.2 Å². The molecule has 0 aliphatic heterocycles. The van der Waals surface area contributed by atoms with Crippen molar-refractivity contribution in [2.75, 3.05) is 5.73 Å². The maximum absolute atomic E-state index is 6.06. The van der Waals surface area contributed by atoms with Gasteiger partial charge in [0.15, 0.2) is 0 Å². The summed E-state index contributed by atoms with van der Waals surface area (Å²) in [6.45, 7) is 0.692. The lowest BCUT2D eigenvalue weighted by molar-refractivity contribution is 0.683. The number of hydrogen-bond donors (Lipinski definition) is 1. The van der Waals surface area contributed by atoms with Gasteiger partial charge in [-0.25, -0.2) is 4.98 Å². The van der Waals surface area contributed by atoms with E-state index in [0.717, 1.165) is 23.1 Å². The molecule has 0 spiro atoms. The molecule has 0 bridgehead atoms. The minimum absolute atomic E-state index is 0.453. The van der Waals surface area contributed by atoms with E-state index in [9.17, 15) is 0 Å². The Hall–Kier alpha value is -1.72. The Labute approximate surface area is 125 Å². The van der Waals surface area contributed by atoms with E-state index >= 15 is 0 Å². The number of anilines is 1. The summed E-state index contributed by atoms with van der Waals surface area (Å²) >= 11 is 12.1. The van der Waals surface area contributed by atoms with Crippen LogP contribution in [0.4, 0.5) is 5.95 Å². The van der Waals surface area contributed by atoms with Gasteiger partial charge >= 0.3 is 0 Å². The zero-order valence-corrected chi connectivity index (χ0v) is 12.4. The molecule has 3 rings (SSSR count). The van der Waals surface area contributed by atoms with Crippen LogP contribution in [0.5, 0.6) is 0 Å². The number of nitrogens with zero attached hydrogens (tertiary/aromatic N) is 4. The summed E-state index contributed by atoms with van der Waals surface area (Å²) in [6.07, 6.45) is 2.69. The SMILES string of the molecule is Cn1ccc(CCn2c(N)nc3cc(Cl)c(Cl)cc32)n1. The minimum atomic E-state index is 0.453. The van der Waals surface area contributed by atoms with Crippen molar-refractivity contribution in [3.63, 3.8) is 0 Å². The molecule has 3 aromatic rings. The highest BCUT2D eigenvalue weighted by molar-refractivity contribution is 6.42. The number of imidazole rings is 1. The van der Waals surface area contributed by atoms with E-state index in [4.69, 9.17) is 28.9 Å². The van der Waals surface area contributed by atoms with Crippen molar-refractivity contribution in [1.29, 1.82) is 0 Å². The topological polar surface area (TPSA) is 61.7 Å². The summed E-state index contributed by atoms with van der Waals surface area (Å²) in [5.74, 6) is 0.453. The van der Waals surface area contributed by atoms with E-state index in [0.29, 0.717) is 22.5 Å². The van der Waals surface area contributed by atoms with Gasteiger partial charge in [0.1, 0.15) is 0 Å². The lowest BCUT2D eigenvalue weighted by Gasteiger charge is -2.05. The molecule has 0 aliphatic carbocycles. The standard InChI is InChI=1S/C13H13Cl2N5/c1-19-4-2-8(18-19)3-5-20-12-7-10(15)9(14)6-11(12)17-13(20)16/h2,4,6-7H,3,5H2,1H3,(H2,16,17). The fraction of sp³-hybridized carbons (Fsp3) is 0.231. The second-order valence-corrected chi connectivity index (χ2v) is 5.42. The van der Waals surface area contributed by atoms with Crippen molar-refractivity contribution in [3.05, 3.63) is 40.1 Å². The molecule has 0 unspecified atom stereocenters. The monoisotopic (exact) mass is 309 g/mol. The van der Waals surface area contributed by atoms with Gasteiger partial charge in [-0.2, -0.15) is 5.10 Å². The second kappa shape index (κ2) is 5.00. The smallest absolute Gasteiger partial charge is 0.201 e. The summed E-state index contributed by atoms with van der Waals surface area (Å²) in [6, 6.07) is 5.51. The van der Waals surface area contributed by atoms with E-state index < -0.39 is 0 Å². The van der Waals surface area contributed by atoms with Crippen molar-refractivity contribution in [2.24, 2.45) is 7.05 Å². The molecule has 7 heteroatoms. The van der Waals surface area contributed by atoms with Gasteiger partial charge in [0.25, 0.3) is 0 Å². The molecule has 2 aromatic heterocycles. The van der Waals surface area contributed by atoms with Gasteiger partial charge in [-0.1, -0.05) is 23.2 Å². The zero-order valence-electron chi connectivity index (χ0n) is 10.8. The number of rotatable bonds is 3. The normalized spacial score (nSPS) is 11.3. The van der Waals surface area contributed by atoms with Crippen LogP contribution in [0.15, 0.2) is 24.4 Å². The highest BCUT2D eigenvalue weighted by atomic mass is 35.5. The van der Waals surface area contributed by atoms with Gasteiger partial charge in [-0.3, -0.25) is 4.68 Å². The van der Waals surface area contributed by atoms with Crippen LogP contribution in [0.1, 0.15) is 5.69 Å². The van der Waals surface area contributed by atoms with Crippen molar-refractivity contribution in [2.45, 2.75) is 13.0 Å². The highest BCUT2D eigenvalue weighted by Gasteiger charge is 2.11. The summed E-state index contributed by atoms with van der Waals surface area (Å²) in [4.78, 5) is 4.30. The van der Waals surface area contributed by atoms with Crippen LogP contribution in [0, 0.1) is 0 Å². The molecule has 2 N–H and O–H groups in total. The lowest BCUT2D eigenvalue weighted by Crippen LogP contribution is -2.06. The van der Waals surface area contributed by atoms with Crippen molar-refractivity contribution < 1.29 is 0 Å². The van der Waals surface area contributed by atoms with Gasteiger partial charge < -0.3 is 10.3 Å². The number of nitrogen functional groups attached to an aromatic ring is 1. The first-order valence-corrected chi connectivity index (χ1v) is 6.89. The zero-order chi connectivity index (χ0) is 14.3. The van der Waals surface area contributed by atoms with Crippen molar-refractivity contribution >= 4 is 40.2 Å². The summed E-state index contributed by atoms with van der Waals surface area (Å²) in [5.41, 5.74) is 8.60. The molecule has 0 saturated heterocycles. The third-order valence-electron chi connectivity index (χ3n) is 3.18. The van der Waals surface area contributed by atoms with Gasteiger partial charge in [0.05, 0.1) is 26.8 Å². The molecular formula is C13H13Cl2N5. The minimum Gasteiger partial charge on any atom is -0.369 e. The Morgan fingerprint density at radius 3 is 2.70 bits per heavy atom. The first-order valence-electron chi connectivity index (χ1n) is 6.14. The first kappa shape index (κ1) is 13.3. The van der Waals surface area contributed by atoms with Crippen molar-refractivity contribution in [1.82, 2.24) is 19.3 Å². The predicted molar refractivity (Wildman–Crippen MR) is 81.1 cm³/mol. The van der Waals surface area contributed by atoms with Gasteiger partial charge in [0, 0.05) is 26.2 Å². The van der Waals surface area contributed by atoms with E-state index in [2.05, 4.69) is 10.1 Å². The molecule has 0 saturated carbocycles. The number of aryl methyl sites for hydroxylation is 3. The molecule has 2 heterocycles. The van der Waals surface area contributed by atoms with Crippen LogP contribution in [0.25, 0.3) is 11.0 Å². The fourth-order valence-electron chi connectivity index (χ4n) is 2.20. The number of aromatic nitrogens is 4. The predicted octanol–water partition coefficient (Wildman–Crippen LogP) is 2.90. The van der Waals surface area contributed by atoms with Crippen LogP contribution in [0.3, 0.4) is 0 Å². The molecule has 0 aliphatic rings. The molecule has 0 amide bonds. The van der Waals surface area contributed by atoms with Gasteiger partial charge in [-0.05, 0) is 18.2 Å². The largest absolute Gasteiger partial charge is 0.369 e. The fourth-order valence-corrected chi connectivity index (χ4v) is 2.51. The van der Waals surface area contributed by atoms with Gasteiger partial charge in [0.2, 0.25) is 5.95 Å². The number of fused-ring (bicyclic) bond motifs is 1. The number of nitrogens with two attached hydrogens (primary N) is 1. The maximum Gasteiger partial charge on any atom is 0.201 e. The van der Waals surface area contributed by atoms with E-state index in [1.165, 1.54) is 0 Å². The average Bonchev–Trinajstić information content (AvgIpc) is 2.92. The molecule has 104 valence electrons. The Kier molecular flexibility index (Phi) is 3.31. The molecule has 1 aromatic carbocycles. The quantitative estimate of drug-likeness (QED) is 0.809. The molecule has 0 radical (unpaired) electrons. The van der Waals surface area contributed by atoms with E-state index in [1.807, 2.05) is 23.9 Å². The summed E-state index contributed by atoms with van der Waals surface area (Å²) < 4.78 is 3.70. The highest BCUT2D eigenvalue weighted by Crippen LogP contribution is 2.29. The third-order valence-corrected chi connectivity index (χ3v) is 3.90. The molecular weight excluding hydrogens is 297 g/mol. The average molecular weight is 310 g/mol. The Balaban J connectivity index is 1.94. The van der Waals surface area contributed by atoms with Crippen LogP contribution in [0.2, 0.25) is 10.0 Å². The number of halogens is 2. The van der Waals surface area contributed by atoms with Crippen LogP contribution < -0.4 is 5.73 Å². The lowest BCUT2D eigenvalue weighted by atomic mass is 10.3. The molecule has 20 heavy (non-hydrogen) atoms.